The van der Waals surface area contributed by atoms with Gasteiger partial charge in [0.1, 0.15) is 5.82 Å². The van der Waals surface area contributed by atoms with Crippen molar-refractivity contribution >= 4 is 5.82 Å². The zero-order valence-corrected chi connectivity index (χ0v) is 13.1. The Morgan fingerprint density at radius 1 is 1.17 bits per heavy atom. The van der Waals surface area contributed by atoms with Crippen molar-refractivity contribution in [3.8, 4) is 11.5 Å². The molecule has 4 heterocycles. The predicted octanol–water partition coefficient (Wildman–Crippen LogP) is 1.44. The highest BCUT2D eigenvalue weighted by atomic mass is 16.5. The minimum atomic E-state index is 0.325. The molecule has 7 nitrogen and oxygen atoms in total. The van der Waals surface area contributed by atoms with Gasteiger partial charge in [-0.1, -0.05) is 0 Å². The molecule has 7 heteroatoms. The van der Waals surface area contributed by atoms with Crippen LogP contribution in [-0.4, -0.2) is 54.6 Å². The van der Waals surface area contributed by atoms with E-state index < -0.39 is 0 Å². The molecule has 0 radical (unpaired) electrons. The molecule has 2 aromatic heterocycles. The number of morpholine rings is 1. The molecule has 2 fully saturated rings. The lowest BCUT2D eigenvalue weighted by molar-refractivity contribution is 0.122. The largest absolute Gasteiger partial charge is 0.420 e. The Hall–Kier alpha value is -1.99. The van der Waals surface area contributed by atoms with E-state index in [2.05, 4.69) is 25.4 Å². The summed E-state index contributed by atoms with van der Waals surface area (Å²) >= 11 is 0. The summed E-state index contributed by atoms with van der Waals surface area (Å²) in [7, 11) is 0. The van der Waals surface area contributed by atoms with Crippen LogP contribution in [0.5, 0.6) is 0 Å². The summed E-state index contributed by atoms with van der Waals surface area (Å²) in [6.07, 6.45) is 4.06. The van der Waals surface area contributed by atoms with Gasteiger partial charge >= 0.3 is 0 Å². The molecule has 2 aliphatic heterocycles. The van der Waals surface area contributed by atoms with E-state index in [1.807, 2.05) is 12.1 Å². The molecule has 2 saturated heterocycles. The van der Waals surface area contributed by atoms with E-state index in [-0.39, 0.29) is 0 Å². The van der Waals surface area contributed by atoms with Crippen LogP contribution in [0, 0.1) is 0 Å². The molecule has 1 unspecified atom stereocenters. The number of aromatic nitrogens is 3. The van der Waals surface area contributed by atoms with E-state index in [4.69, 9.17) is 9.15 Å². The molecule has 0 bridgehead atoms. The van der Waals surface area contributed by atoms with E-state index in [1.54, 1.807) is 6.20 Å². The smallest absolute Gasteiger partial charge is 0.249 e. The number of hydrogen-bond acceptors (Lipinski definition) is 7. The highest BCUT2D eigenvalue weighted by Crippen LogP contribution is 2.26. The average molecular weight is 315 g/mol. The van der Waals surface area contributed by atoms with Gasteiger partial charge in [0.15, 0.2) is 0 Å². The maximum atomic E-state index is 5.86. The van der Waals surface area contributed by atoms with Crippen molar-refractivity contribution in [2.24, 2.45) is 0 Å². The molecule has 2 aliphatic rings. The minimum absolute atomic E-state index is 0.325. The average Bonchev–Trinajstić information content (AvgIpc) is 3.14. The molecule has 23 heavy (non-hydrogen) atoms. The van der Waals surface area contributed by atoms with E-state index in [1.165, 1.54) is 0 Å². The summed E-state index contributed by atoms with van der Waals surface area (Å²) in [6, 6.07) is 4.00. The van der Waals surface area contributed by atoms with Gasteiger partial charge in [0.2, 0.25) is 11.8 Å². The van der Waals surface area contributed by atoms with Crippen LogP contribution in [-0.2, 0) is 4.74 Å². The van der Waals surface area contributed by atoms with Gasteiger partial charge in [-0.15, -0.1) is 10.2 Å². The van der Waals surface area contributed by atoms with Crippen LogP contribution in [0.25, 0.3) is 11.5 Å². The third-order valence-electron chi connectivity index (χ3n) is 4.42. The first kappa shape index (κ1) is 14.6. The zero-order chi connectivity index (χ0) is 15.5. The van der Waals surface area contributed by atoms with Crippen LogP contribution in [0.2, 0.25) is 0 Å². The third kappa shape index (κ3) is 3.20. The first-order chi connectivity index (χ1) is 11.4. The van der Waals surface area contributed by atoms with Gasteiger partial charge in [-0.3, -0.25) is 0 Å². The first-order valence-electron chi connectivity index (χ1n) is 8.23. The summed E-state index contributed by atoms with van der Waals surface area (Å²) in [5.74, 6) is 2.56. The van der Waals surface area contributed by atoms with Crippen molar-refractivity contribution in [2.45, 2.75) is 18.8 Å². The monoisotopic (exact) mass is 315 g/mol. The quantitative estimate of drug-likeness (QED) is 0.918. The lowest BCUT2D eigenvalue weighted by Gasteiger charge is -2.27. The van der Waals surface area contributed by atoms with Gasteiger partial charge in [-0.05, 0) is 31.5 Å². The van der Waals surface area contributed by atoms with Gasteiger partial charge in [0, 0.05) is 31.7 Å². The molecule has 0 aromatic carbocycles. The van der Waals surface area contributed by atoms with Crippen molar-refractivity contribution in [1.82, 2.24) is 20.5 Å². The molecule has 1 N–H and O–H groups in total. The maximum Gasteiger partial charge on any atom is 0.249 e. The summed E-state index contributed by atoms with van der Waals surface area (Å²) in [5.41, 5.74) is 0.865. The molecular formula is C16H21N5O2. The number of rotatable bonds is 3. The van der Waals surface area contributed by atoms with Crippen molar-refractivity contribution in [3.63, 3.8) is 0 Å². The topological polar surface area (TPSA) is 76.3 Å². The van der Waals surface area contributed by atoms with Crippen molar-refractivity contribution in [3.05, 3.63) is 24.2 Å². The van der Waals surface area contributed by atoms with Crippen LogP contribution in [0.4, 0.5) is 5.82 Å². The minimum Gasteiger partial charge on any atom is -0.420 e. The van der Waals surface area contributed by atoms with Crippen LogP contribution < -0.4 is 10.2 Å². The summed E-state index contributed by atoms with van der Waals surface area (Å²) < 4.78 is 11.2. The molecule has 0 spiro atoms. The Labute approximate surface area is 135 Å². The van der Waals surface area contributed by atoms with E-state index in [9.17, 15) is 0 Å². The third-order valence-corrected chi connectivity index (χ3v) is 4.42. The van der Waals surface area contributed by atoms with Gasteiger partial charge < -0.3 is 19.4 Å². The second-order valence-electron chi connectivity index (χ2n) is 5.99. The Balaban J connectivity index is 1.48. The van der Waals surface area contributed by atoms with Gasteiger partial charge in [-0.25, -0.2) is 4.98 Å². The normalized spacial score (nSPS) is 22.3. The van der Waals surface area contributed by atoms with Crippen LogP contribution in [0.1, 0.15) is 24.7 Å². The first-order valence-corrected chi connectivity index (χ1v) is 8.23. The standard InChI is InChI=1S/C16H21N5O2/c1-2-12(10-17-5-1)15-19-20-16(23-15)13-3-4-14(18-11-13)21-6-8-22-9-7-21/h3-4,11-12,17H,1-2,5-10H2. The van der Waals surface area contributed by atoms with Gasteiger partial charge in [-0.2, -0.15) is 0 Å². The molecule has 2 aromatic rings. The summed E-state index contributed by atoms with van der Waals surface area (Å²) in [5, 5.41) is 11.8. The number of nitrogens with zero attached hydrogens (tertiary/aromatic N) is 4. The van der Waals surface area contributed by atoms with E-state index in [0.29, 0.717) is 11.8 Å². The number of anilines is 1. The molecule has 4 rings (SSSR count). The van der Waals surface area contributed by atoms with Crippen LogP contribution in [0.3, 0.4) is 0 Å². The Morgan fingerprint density at radius 2 is 2.09 bits per heavy atom. The Kier molecular flexibility index (Phi) is 4.21. The summed E-state index contributed by atoms with van der Waals surface area (Å²) in [6.45, 7) is 5.26. The Morgan fingerprint density at radius 3 is 2.83 bits per heavy atom. The van der Waals surface area contributed by atoms with Crippen molar-refractivity contribution in [2.75, 3.05) is 44.3 Å². The fourth-order valence-corrected chi connectivity index (χ4v) is 3.07. The number of piperidine rings is 1. The molecule has 0 aliphatic carbocycles. The summed E-state index contributed by atoms with van der Waals surface area (Å²) in [4.78, 5) is 6.75. The predicted molar refractivity (Wildman–Crippen MR) is 85.4 cm³/mol. The molecule has 0 saturated carbocycles. The van der Waals surface area contributed by atoms with Gasteiger partial charge in [0.05, 0.1) is 18.8 Å². The second kappa shape index (κ2) is 6.64. The second-order valence-corrected chi connectivity index (χ2v) is 5.99. The van der Waals surface area contributed by atoms with Crippen molar-refractivity contribution < 1.29 is 9.15 Å². The number of nitrogens with one attached hydrogen (secondary N) is 1. The lowest BCUT2D eigenvalue weighted by atomic mass is 10.00. The van der Waals surface area contributed by atoms with Crippen LogP contribution >= 0.6 is 0 Å². The molecule has 0 amide bonds. The molecule has 1 atom stereocenters. The fourth-order valence-electron chi connectivity index (χ4n) is 3.07. The fraction of sp³-hybridized carbons (Fsp3) is 0.562. The Bertz CT molecular complexity index is 630. The highest BCUT2D eigenvalue weighted by molar-refractivity contribution is 5.54. The van der Waals surface area contributed by atoms with E-state index in [0.717, 1.165) is 69.5 Å². The van der Waals surface area contributed by atoms with Gasteiger partial charge in [0.25, 0.3) is 0 Å². The van der Waals surface area contributed by atoms with E-state index >= 15 is 0 Å². The number of hydrogen-bond donors (Lipinski definition) is 1. The SMILES string of the molecule is c1cc(N2CCOCC2)ncc1-c1nnc(C2CCCNC2)o1. The number of pyridine rings is 1. The molecule has 122 valence electrons. The maximum absolute atomic E-state index is 5.86. The zero-order valence-electron chi connectivity index (χ0n) is 13.1. The lowest BCUT2D eigenvalue weighted by Crippen LogP contribution is -2.36. The highest BCUT2D eigenvalue weighted by Gasteiger charge is 2.21. The van der Waals surface area contributed by atoms with Crippen molar-refractivity contribution in [1.29, 1.82) is 0 Å². The number of ether oxygens (including phenoxy) is 1. The molecular weight excluding hydrogens is 294 g/mol. The van der Waals surface area contributed by atoms with Crippen LogP contribution in [0.15, 0.2) is 22.7 Å².